The molecule has 2 N–H and O–H groups in total. The van der Waals surface area contributed by atoms with Gasteiger partial charge >= 0.3 is 0 Å². The molecule has 1 aliphatic carbocycles. The van der Waals surface area contributed by atoms with Crippen molar-refractivity contribution in [1.29, 1.82) is 0 Å². The third-order valence-corrected chi connectivity index (χ3v) is 6.12. The van der Waals surface area contributed by atoms with Crippen LogP contribution in [0.3, 0.4) is 0 Å². The predicted molar refractivity (Wildman–Crippen MR) is 94.5 cm³/mol. The van der Waals surface area contributed by atoms with Gasteiger partial charge < -0.3 is 15.4 Å². The van der Waals surface area contributed by atoms with E-state index < -0.39 is 0 Å². The summed E-state index contributed by atoms with van der Waals surface area (Å²) in [6, 6.07) is 6.14. The number of benzene rings is 1. The Hall–Kier alpha value is -1.55. The highest BCUT2D eigenvalue weighted by Crippen LogP contribution is 2.38. The molecule has 1 amide bonds. The predicted octanol–water partition coefficient (Wildman–Crippen LogP) is 3.08. The zero-order valence-corrected chi connectivity index (χ0v) is 14.7. The molecule has 0 unspecified atom stereocenters. The quantitative estimate of drug-likeness (QED) is 0.877. The number of nitrogens with one attached hydrogen (secondary N) is 2. The maximum absolute atomic E-state index is 12.5. The Morgan fingerprint density at radius 1 is 1.12 bits per heavy atom. The van der Waals surface area contributed by atoms with Crippen molar-refractivity contribution in [1.82, 2.24) is 10.6 Å². The summed E-state index contributed by atoms with van der Waals surface area (Å²) in [6.07, 6.45) is 4.90. The van der Waals surface area contributed by atoms with Crippen LogP contribution in [-0.2, 0) is 0 Å². The standard InChI is InChI=1S/C20H28N2O2/c1-20(2)7-5-14(6-8-20)24-15-3-4-16-17(9-15)19(23)22-11-13-10-21-12-18(13)16/h3-4,9,13-14,18,21H,5-8,10-12H2,1-2H3,(H,22,23)/t13-,18+/m1/s1. The van der Waals surface area contributed by atoms with Crippen molar-refractivity contribution in [2.24, 2.45) is 11.3 Å². The molecule has 3 aliphatic rings. The van der Waals surface area contributed by atoms with E-state index in [1.807, 2.05) is 6.07 Å². The second-order valence-corrected chi connectivity index (χ2v) is 8.47. The monoisotopic (exact) mass is 328 g/mol. The lowest BCUT2D eigenvalue weighted by atomic mass is 9.76. The molecule has 4 rings (SSSR count). The summed E-state index contributed by atoms with van der Waals surface area (Å²) in [4.78, 5) is 12.5. The van der Waals surface area contributed by atoms with E-state index in [-0.39, 0.29) is 12.0 Å². The van der Waals surface area contributed by atoms with E-state index in [1.165, 1.54) is 18.4 Å². The smallest absolute Gasteiger partial charge is 0.251 e. The van der Waals surface area contributed by atoms with Gasteiger partial charge in [0.15, 0.2) is 0 Å². The minimum atomic E-state index is 0.0506. The molecular formula is C20H28N2O2. The summed E-state index contributed by atoms with van der Waals surface area (Å²) in [7, 11) is 0. The minimum absolute atomic E-state index is 0.0506. The molecule has 4 nitrogen and oxygen atoms in total. The molecule has 0 spiro atoms. The number of carbonyl (C=O) groups is 1. The van der Waals surface area contributed by atoms with Crippen LogP contribution in [0, 0.1) is 11.3 Å². The molecule has 2 aliphatic heterocycles. The van der Waals surface area contributed by atoms with E-state index in [1.54, 1.807) is 0 Å². The molecule has 24 heavy (non-hydrogen) atoms. The second kappa shape index (κ2) is 6.07. The molecule has 2 heterocycles. The van der Waals surface area contributed by atoms with Crippen LogP contribution in [0.15, 0.2) is 18.2 Å². The highest BCUT2D eigenvalue weighted by molar-refractivity contribution is 5.96. The van der Waals surface area contributed by atoms with Gasteiger partial charge in [0.2, 0.25) is 0 Å². The van der Waals surface area contributed by atoms with Gasteiger partial charge in [0, 0.05) is 31.1 Å². The molecule has 0 radical (unpaired) electrons. The first-order chi connectivity index (χ1) is 11.5. The third-order valence-electron chi connectivity index (χ3n) is 6.12. The number of hydrogen-bond donors (Lipinski definition) is 2. The Labute approximate surface area is 144 Å². The lowest BCUT2D eigenvalue weighted by molar-refractivity contribution is 0.0942. The first-order valence-corrected chi connectivity index (χ1v) is 9.31. The molecule has 130 valence electrons. The number of carbonyl (C=O) groups excluding carboxylic acids is 1. The van der Waals surface area contributed by atoms with Gasteiger partial charge in [-0.25, -0.2) is 0 Å². The SMILES string of the molecule is CC1(C)CCC(Oc2ccc3c(c2)C(=O)NC[C@H]2CNC[C@H]32)CC1. The summed E-state index contributed by atoms with van der Waals surface area (Å²) in [5.74, 6) is 1.83. The second-order valence-electron chi connectivity index (χ2n) is 8.47. The number of rotatable bonds is 2. The van der Waals surface area contributed by atoms with Crippen molar-refractivity contribution >= 4 is 5.91 Å². The Morgan fingerprint density at radius 2 is 1.92 bits per heavy atom. The molecule has 0 bridgehead atoms. The van der Waals surface area contributed by atoms with Crippen LogP contribution in [0.2, 0.25) is 0 Å². The Morgan fingerprint density at radius 3 is 2.71 bits per heavy atom. The molecule has 2 atom stereocenters. The normalized spacial score (nSPS) is 29.3. The van der Waals surface area contributed by atoms with E-state index in [4.69, 9.17) is 4.74 Å². The van der Waals surface area contributed by atoms with Crippen molar-refractivity contribution < 1.29 is 9.53 Å². The lowest BCUT2D eigenvalue weighted by Gasteiger charge is -2.34. The Kier molecular flexibility index (Phi) is 4.03. The van der Waals surface area contributed by atoms with Crippen molar-refractivity contribution in [2.45, 2.75) is 51.6 Å². The lowest BCUT2D eigenvalue weighted by Crippen LogP contribution is -2.29. The van der Waals surface area contributed by atoms with E-state index in [0.29, 0.717) is 17.3 Å². The number of hydrogen-bond acceptors (Lipinski definition) is 3. The van der Waals surface area contributed by atoms with Gasteiger partial charge in [-0.2, -0.15) is 0 Å². The number of fused-ring (bicyclic) bond motifs is 3. The van der Waals surface area contributed by atoms with Crippen molar-refractivity contribution in [3.63, 3.8) is 0 Å². The van der Waals surface area contributed by atoms with Gasteiger partial charge in [-0.15, -0.1) is 0 Å². The fourth-order valence-electron chi connectivity index (χ4n) is 4.44. The average Bonchev–Trinajstić information content (AvgIpc) is 2.98. The van der Waals surface area contributed by atoms with Gasteiger partial charge in [-0.05, 0) is 54.7 Å². The Bertz CT molecular complexity index is 631. The topological polar surface area (TPSA) is 50.4 Å². The van der Waals surface area contributed by atoms with Crippen molar-refractivity contribution in [3.05, 3.63) is 29.3 Å². The molecule has 2 fully saturated rings. The molecule has 4 heteroatoms. The fraction of sp³-hybridized carbons (Fsp3) is 0.650. The first kappa shape index (κ1) is 15.9. The van der Waals surface area contributed by atoms with E-state index in [9.17, 15) is 4.79 Å². The first-order valence-electron chi connectivity index (χ1n) is 9.31. The van der Waals surface area contributed by atoms with Crippen molar-refractivity contribution in [3.8, 4) is 5.75 Å². The molecular weight excluding hydrogens is 300 g/mol. The molecule has 1 saturated carbocycles. The van der Waals surface area contributed by atoms with Gasteiger partial charge in [-0.3, -0.25) is 4.79 Å². The van der Waals surface area contributed by atoms with Gasteiger partial charge in [0.05, 0.1) is 6.10 Å². The van der Waals surface area contributed by atoms with Gasteiger partial charge in [0.25, 0.3) is 5.91 Å². The van der Waals surface area contributed by atoms with E-state index in [2.05, 4.69) is 36.6 Å². The van der Waals surface area contributed by atoms with Gasteiger partial charge in [-0.1, -0.05) is 19.9 Å². The van der Waals surface area contributed by atoms with E-state index in [0.717, 1.165) is 43.8 Å². The molecule has 1 aromatic carbocycles. The molecule has 0 aromatic heterocycles. The summed E-state index contributed by atoms with van der Waals surface area (Å²) in [5.41, 5.74) is 2.43. The highest BCUT2D eigenvalue weighted by Gasteiger charge is 2.34. The zero-order chi connectivity index (χ0) is 16.7. The summed E-state index contributed by atoms with van der Waals surface area (Å²) >= 11 is 0. The molecule has 1 saturated heterocycles. The summed E-state index contributed by atoms with van der Waals surface area (Å²) in [5, 5.41) is 6.53. The van der Waals surface area contributed by atoms with Crippen LogP contribution >= 0.6 is 0 Å². The highest BCUT2D eigenvalue weighted by atomic mass is 16.5. The maximum Gasteiger partial charge on any atom is 0.251 e. The average molecular weight is 328 g/mol. The zero-order valence-electron chi connectivity index (χ0n) is 14.7. The van der Waals surface area contributed by atoms with Crippen LogP contribution < -0.4 is 15.4 Å². The summed E-state index contributed by atoms with van der Waals surface area (Å²) in [6.45, 7) is 7.38. The minimum Gasteiger partial charge on any atom is -0.490 e. The third kappa shape index (κ3) is 3.04. The van der Waals surface area contributed by atoms with Crippen molar-refractivity contribution in [2.75, 3.05) is 19.6 Å². The maximum atomic E-state index is 12.5. The van der Waals surface area contributed by atoms with Crippen LogP contribution in [0.1, 0.15) is 61.4 Å². The number of amides is 1. The Balaban J connectivity index is 1.53. The summed E-state index contributed by atoms with van der Waals surface area (Å²) < 4.78 is 6.22. The van der Waals surface area contributed by atoms with E-state index >= 15 is 0 Å². The largest absolute Gasteiger partial charge is 0.490 e. The van der Waals surface area contributed by atoms with Crippen LogP contribution in [0.25, 0.3) is 0 Å². The molecule has 1 aromatic rings. The number of ether oxygens (including phenoxy) is 1. The van der Waals surface area contributed by atoms with Crippen LogP contribution in [0.5, 0.6) is 5.75 Å². The van der Waals surface area contributed by atoms with Crippen LogP contribution in [-0.4, -0.2) is 31.6 Å². The van der Waals surface area contributed by atoms with Crippen LogP contribution in [0.4, 0.5) is 0 Å². The fourth-order valence-corrected chi connectivity index (χ4v) is 4.44. The van der Waals surface area contributed by atoms with Gasteiger partial charge in [0.1, 0.15) is 5.75 Å².